The summed E-state index contributed by atoms with van der Waals surface area (Å²) in [5.74, 6) is -1.13. The first-order chi connectivity index (χ1) is 9.72. The van der Waals surface area contributed by atoms with Crippen LogP contribution in [0, 0.1) is 11.8 Å². The Morgan fingerprint density at radius 2 is 1.95 bits per heavy atom. The molecule has 0 amide bonds. The average molecular weight is 314 g/mol. The summed E-state index contributed by atoms with van der Waals surface area (Å²) in [6.45, 7) is 7.00. The van der Waals surface area contributed by atoms with E-state index in [1.165, 1.54) is 18.3 Å². The van der Waals surface area contributed by atoms with Crippen molar-refractivity contribution in [2.24, 2.45) is 16.8 Å². The monoisotopic (exact) mass is 313 g/mol. The molecule has 1 aromatic carbocycles. The number of aliphatic imine (C=N–C) groups is 1. The SMILES string of the molecule is CC(C)C(=O)Oc1cc(Cl)cc(/C=N/C(O)C(C)C)c1O. The molecule has 116 valence electrons. The predicted octanol–water partition coefficient (Wildman–Crippen LogP) is 3.00. The molecule has 0 radical (unpaired) electrons. The van der Waals surface area contributed by atoms with Crippen LogP contribution in [0.2, 0.25) is 5.02 Å². The molecular weight excluding hydrogens is 294 g/mol. The number of phenolic OH excluding ortho intramolecular Hbond substituents is 1. The molecule has 0 saturated carbocycles. The summed E-state index contributed by atoms with van der Waals surface area (Å²) in [6.07, 6.45) is 0.420. The molecule has 6 heteroatoms. The van der Waals surface area contributed by atoms with Crippen molar-refractivity contribution in [3.05, 3.63) is 22.7 Å². The average Bonchev–Trinajstić information content (AvgIpc) is 2.39. The zero-order valence-electron chi connectivity index (χ0n) is 12.5. The first-order valence-corrected chi connectivity index (χ1v) is 7.05. The summed E-state index contributed by atoms with van der Waals surface area (Å²) in [5, 5.41) is 20.0. The normalized spacial score (nSPS) is 13.1. The number of phenols is 1. The van der Waals surface area contributed by atoms with Crippen LogP contribution in [0.25, 0.3) is 0 Å². The highest BCUT2D eigenvalue weighted by molar-refractivity contribution is 6.31. The standard InChI is InChI=1S/C15H20ClNO4/c1-8(2)14(19)17-7-10-5-11(16)6-12(13(10)18)21-15(20)9(3)4/h5-9,14,18-19H,1-4H3/b17-7+. The maximum Gasteiger partial charge on any atom is 0.313 e. The van der Waals surface area contributed by atoms with Crippen molar-refractivity contribution in [1.82, 2.24) is 0 Å². The van der Waals surface area contributed by atoms with Gasteiger partial charge in [-0.1, -0.05) is 39.3 Å². The molecule has 2 N–H and O–H groups in total. The number of aliphatic hydroxyl groups is 1. The number of benzene rings is 1. The Bertz CT molecular complexity index is 541. The van der Waals surface area contributed by atoms with Crippen molar-refractivity contribution >= 4 is 23.8 Å². The van der Waals surface area contributed by atoms with Crippen molar-refractivity contribution in [3.63, 3.8) is 0 Å². The van der Waals surface area contributed by atoms with Crippen LogP contribution in [0.3, 0.4) is 0 Å². The third-order valence-electron chi connectivity index (χ3n) is 2.71. The Labute approximate surface area is 129 Å². The largest absolute Gasteiger partial charge is 0.504 e. The van der Waals surface area contributed by atoms with Gasteiger partial charge < -0.3 is 14.9 Å². The van der Waals surface area contributed by atoms with Crippen molar-refractivity contribution in [1.29, 1.82) is 0 Å². The lowest BCUT2D eigenvalue weighted by Crippen LogP contribution is -2.15. The quantitative estimate of drug-likeness (QED) is 0.497. The van der Waals surface area contributed by atoms with Gasteiger partial charge in [-0.25, -0.2) is 0 Å². The highest BCUT2D eigenvalue weighted by atomic mass is 35.5. The number of halogens is 1. The summed E-state index contributed by atoms with van der Waals surface area (Å²) in [5.41, 5.74) is 0.272. The van der Waals surface area contributed by atoms with Crippen LogP contribution in [-0.4, -0.2) is 28.6 Å². The van der Waals surface area contributed by atoms with E-state index in [1.807, 2.05) is 13.8 Å². The smallest absolute Gasteiger partial charge is 0.313 e. The fraction of sp³-hybridized carbons (Fsp3) is 0.467. The van der Waals surface area contributed by atoms with Gasteiger partial charge in [0.25, 0.3) is 0 Å². The molecule has 0 aliphatic rings. The predicted molar refractivity (Wildman–Crippen MR) is 82.0 cm³/mol. The highest BCUT2D eigenvalue weighted by Gasteiger charge is 2.16. The lowest BCUT2D eigenvalue weighted by atomic mass is 10.1. The number of nitrogens with zero attached hydrogens (tertiary/aromatic N) is 1. The Balaban J connectivity index is 3.07. The molecule has 0 aliphatic heterocycles. The minimum Gasteiger partial charge on any atom is -0.504 e. The first kappa shape index (κ1) is 17.5. The van der Waals surface area contributed by atoms with Crippen LogP contribution < -0.4 is 4.74 Å². The number of aliphatic hydroxyl groups excluding tert-OH is 1. The number of carbonyl (C=O) groups is 1. The van der Waals surface area contributed by atoms with Crippen LogP contribution >= 0.6 is 11.6 Å². The van der Waals surface area contributed by atoms with Gasteiger partial charge in [-0.15, -0.1) is 0 Å². The number of carbonyl (C=O) groups excluding carboxylic acids is 1. The Morgan fingerprint density at radius 1 is 1.33 bits per heavy atom. The second-order valence-corrected chi connectivity index (χ2v) is 5.79. The van der Waals surface area contributed by atoms with Crippen molar-refractivity contribution < 1.29 is 19.7 Å². The second-order valence-electron chi connectivity index (χ2n) is 5.35. The van der Waals surface area contributed by atoms with E-state index in [1.54, 1.807) is 13.8 Å². The van der Waals surface area contributed by atoms with Gasteiger partial charge in [0.2, 0.25) is 0 Å². The van der Waals surface area contributed by atoms with E-state index in [2.05, 4.69) is 4.99 Å². The van der Waals surface area contributed by atoms with Gasteiger partial charge in [0, 0.05) is 22.9 Å². The van der Waals surface area contributed by atoms with E-state index in [0.29, 0.717) is 5.02 Å². The highest BCUT2D eigenvalue weighted by Crippen LogP contribution is 2.33. The van der Waals surface area contributed by atoms with Gasteiger partial charge in [-0.05, 0) is 12.0 Å². The Morgan fingerprint density at radius 3 is 2.48 bits per heavy atom. The van der Waals surface area contributed by atoms with Crippen molar-refractivity contribution in [3.8, 4) is 11.5 Å². The molecule has 0 spiro atoms. The maximum absolute atomic E-state index is 11.6. The molecule has 1 aromatic rings. The fourth-order valence-corrected chi connectivity index (χ4v) is 1.54. The van der Waals surface area contributed by atoms with Crippen molar-refractivity contribution in [2.45, 2.75) is 33.9 Å². The third kappa shape index (κ3) is 5.02. The van der Waals surface area contributed by atoms with E-state index in [4.69, 9.17) is 16.3 Å². The fourth-order valence-electron chi connectivity index (χ4n) is 1.33. The first-order valence-electron chi connectivity index (χ1n) is 6.67. The summed E-state index contributed by atoms with van der Waals surface area (Å²) in [7, 11) is 0. The van der Waals surface area contributed by atoms with E-state index in [0.717, 1.165) is 0 Å². The van der Waals surface area contributed by atoms with Gasteiger partial charge in [-0.2, -0.15) is 0 Å². The van der Waals surface area contributed by atoms with Gasteiger partial charge in [0.15, 0.2) is 11.5 Å². The molecule has 21 heavy (non-hydrogen) atoms. The molecule has 5 nitrogen and oxygen atoms in total. The van der Waals surface area contributed by atoms with Gasteiger partial charge in [-0.3, -0.25) is 9.79 Å². The van der Waals surface area contributed by atoms with E-state index in [-0.39, 0.29) is 28.9 Å². The zero-order chi connectivity index (χ0) is 16.2. The Hall–Kier alpha value is -1.59. The lowest BCUT2D eigenvalue weighted by molar-refractivity contribution is -0.137. The van der Waals surface area contributed by atoms with Crippen LogP contribution in [0.4, 0.5) is 0 Å². The molecule has 0 aliphatic carbocycles. The molecule has 0 bridgehead atoms. The molecular formula is C15H20ClNO4. The summed E-state index contributed by atoms with van der Waals surface area (Å²) in [4.78, 5) is 15.5. The second kappa shape index (κ2) is 7.43. The molecule has 0 heterocycles. The minimum atomic E-state index is -0.884. The number of aromatic hydroxyl groups is 1. The topological polar surface area (TPSA) is 79.1 Å². The van der Waals surface area contributed by atoms with E-state index >= 15 is 0 Å². The number of rotatable bonds is 5. The molecule has 0 aromatic heterocycles. The van der Waals surface area contributed by atoms with Gasteiger partial charge in [0.1, 0.15) is 6.23 Å². The molecule has 1 unspecified atom stereocenters. The molecule has 1 atom stereocenters. The molecule has 1 rings (SSSR count). The number of ether oxygens (including phenoxy) is 1. The Kier molecular flexibility index (Phi) is 6.18. The molecule has 0 saturated heterocycles. The summed E-state index contributed by atoms with van der Waals surface area (Å²) < 4.78 is 5.08. The lowest BCUT2D eigenvalue weighted by Gasteiger charge is -2.11. The summed E-state index contributed by atoms with van der Waals surface area (Å²) in [6, 6.07) is 2.83. The van der Waals surface area contributed by atoms with E-state index < -0.39 is 12.2 Å². The zero-order valence-corrected chi connectivity index (χ0v) is 13.3. The maximum atomic E-state index is 11.6. The summed E-state index contributed by atoms with van der Waals surface area (Å²) >= 11 is 5.94. The van der Waals surface area contributed by atoms with Gasteiger partial charge >= 0.3 is 5.97 Å². The van der Waals surface area contributed by atoms with Crippen LogP contribution in [-0.2, 0) is 4.79 Å². The van der Waals surface area contributed by atoms with Gasteiger partial charge in [0.05, 0.1) is 5.92 Å². The van der Waals surface area contributed by atoms with Crippen molar-refractivity contribution in [2.75, 3.05) is 0 Å². The number of esters is 1. The molecule has 0 fully saturated rings. The van der Waals surface area contributed by atoms with E-state index in [9.17, 15) is 15.0 Å². The number of hydrogen-bond acceptors (Lipinski definition) is 5. The van der Waals surface area contributed by atoms with Crippen LogP contribution in [0.15, 0.2) is 17.1 Å². The third-order valence-corrected chi connectivity index (χ3v) is 2.93. The van der Waals surface area contributed by atoms with Crippen LogP contribution in [0.1, 0.15) is 33.3 Å². The minimum absolute atomic E-state index is 0.0262. The number of hydrogen-bond donors (Lipinski definition) is 2. The van der Waals surface area contributed by atoms with Crippen LogP contribution in [0.5, 0.6) is 11.5 Å².